The lowest BCUT2D eigenvalue weighted by molar-refractivity contribution is 0.191. The number of aromatic nitrogens is 2. The van der Waals surface area contributed by atoms with Crippen LogP contribution < -0.4 is 5.32 Å². The predicted molar refractivity (Wildman–Crippen MR) is 66.7 cm³/mol. The Hall–Kier alpha value is -0.590. The second-order valence-electron chi connectivity index (χ2n) is 4.43. The van der Waals surface area contributed by atoms with Crippen LogP contribution in [0.1, 0.15) is 44.4 Å². The number of hydrogen-bond donors (Lipinski definition) is 2. The Morgan fingerprint density at radius 3 is 3.12 bits per heavy atom. The minimum Gasteiger partial charge on any atom is -0.392 e. The van der Waals surface area contributed by atoms with Crippen molar-refractivity contribution in [2.24, 2.45) is 0 Å². The van der Waals surface area contributed by atoms with Crippen LogP contribution >= 0.6 is 11.8 Å². The fourth-order valence-electron chi connectivity index (χ4n) is 1.71. The van der Waals surface area contributed by atoms with Gasteiger partial charge in [-0.25, -0.2) is 0 Å². The molecule has 5 nitrogen and oxygen atoms in total. The largest absolute Gasteiger partial charge is 0.392 e. The molecule has 6 heteroatoms. The molecule has 0 aromatic carbocycles. The van der Waals surface area contributed by atoms with Crippen molar-refractivity contribution >= 4 is 11.8 Å². The summed E-state index contributed by atoms with van der Waals surface area (Å²) in [7, 11) is 0. The third-order valence-corrected chi connectivity index (χ3v) is 4.29. The smallest absolute Gasteiger partial charge is 0.243 e. The third kappa shape index (κ3) is 3.43. The van der Waals surface area contributed by atoms with Crippen LogP contribution in [-0.4, -0.2) is 33.1 Å². The van der Waals surface area contributed by atoms with Crippen LogP contribution in [0.2, 0.25) is 0 Å². The molecule has 1 aliphatic heterocycles. The second-order valence-corrected chi connectivity index (χ2v) is 5.86. The van der Waals surface area contributed by atoms with Gasteiger partial charge in [0.2, 0.25) is 5.89 Å². The van der Waals surface area contributed by atoms with E-state index >= 15 is 0 Å². The zero-order chi connectivity index (χ0) is 12.3. The molecule has 0 radical (unpaired) electrons. The fourth-order valence-corrected chi connectivity index (χ4v) is 2.49. The lowest BCUT2D eigenvalue weighted by atomic mass is 10.2. The Morgan fingerprint density at radius 1 is 1.65 bits per heavy atom. The maximum Gasteiger partial charge on any atom is 0.243 e. The van der Waals surface area contributed by atoms with Crippen molar-refractivity contribution in [1.82, 2.24) is 15.5 Å². The summed E-state index contributed by atoms with van der Waals surface area (Å²) < 4.78 is 5.21. The van der Waals surface area contributed by atoms with E-state index in [0.29, 0.717) is 24.1 Å². The standard InChI is InChI=1S/C11H19N3O2S/c1-3-7(2)17-6-10-13-11(16-14-10)9-4-8(15)5-12-9/h7-9,12,15H,3-6H2,1-2H3/t7?,8-,9-/m0/s1. The Morgan fingerprint density at radius 2 is 2.47 bits per heavy atom. The minimum absolute atomic E-state index is 0.0137. The molecule has 0 aliphatic carbocycles. The Bertz CT molecular complexity index is 358. The lowest BCUT2D eigenvalue weighted by Crippen LogP contribution is -2.15. The average Bonchev–Trinajstić information content (AvgIpc) is 2.94. The average molecular weight is 257 g/mol. The van der Waals surface area contributed by atoms with E-state index in [-0.39, 0.29) is 12.1 Å². The second kappa shape index (κ2) is 5.84. The normalized spacial score (nSPS) is 26.3. The van der Waals surface area contributed by atoms with Crippen molar-refractivity contribution < 1.29 is 9.63 Å². The summed E-state index contributed by atoms with van der Waals surface area (Å²) in [6, 6.07) is 0.0137. The quantitative estimate of drug-likeness (QED) is 0.833. The van der Waals surface area contributed by atoms with E-state index in [4.69, 9.17) is 4.52 Å². The van der Waals surface area contributed by atoms with E-state index < -0.39 is 0 Å². The molecule has 1 aromatic rings. The summed E-state index contributed by atoms with van der Waals surface area (Å²) >= 11 is 1.83. The first-order chi connectivity index (χ1) is 8.19. The maximum atomic E-state index is 9.42. The van der Waals surface area contributed by atoms with Crippen molar-refractivity contribution in [3.8, 4) is 0 Å². The van der Waals surface area contributed by atoms with Crippen LogP contribution in [0.5, 0.6) is 0 Å². The molecule has 0 saturated carbocycles. The van der Waals surface area contributed by atoms with Gasteiger partial charge in [-0.2, -0.15) is 16.7 Å². The molecular formula is C11H19N3O2S. The fraction of sp³-hybridized carbons (Fsp3) is 0.818. The van der Waals surface area contributed by atoms with Crippen LogP contribution in [-0.2, 0) is 5.75 Å². The maximum absolute atomic E-state index is 9.42. The summed E-state index contributed by atoms with van der Waals surface area (Å²) in [5.41, 5.74) is 0. The zero-order valence-corrected chi connectivity index (χ0v) is 11.0. The number of nitrogens with zero attached hydrogens (tertiary/aromatic N) is 2. The van der Waals surface area contributed by atoms with Gasteiger partial charge in [-0.15, -0.1) is 0 Å². The molecule has 2 heterocycles. The monoisotopic (exact) mass is 257 g/mol. The highest BCUT2D eigenvalue weighted by atomic mass is 32.2. The van der Waals surface area contributed by atoms with Crippen molar-refractivity contribution in [1.29, 1.82) is 0 Å². The summed E-state index contributed by atoms with van der Waals surface area (Å²) in [4.78, 5) is 4.36. The lowest BCUT2D eigenvalue weighted by Gasteiger charge is -2.04. The summed E-state index contributed by atoms with van der Waals surface area (Å²) in [6.07, 6.45) is 1.50. The number of aliphatic hydroxyl groups is 1. The number of aliphatic hydroxyl groups excluding tert-OH is 1. The van der Waals surface area contributed by atoms with Gasteiger partial charge in [0.1, 0.15) is 0 Å². The molecule has 96 valence electrons. The molecule has 2 rings (SSSR count). The van der Waals surface area contributed by atoms with E-state index in [0.717, 1.165) is 18.0 Å². The van der Waals surface area contributed by atoms with E-state index in [1.54, 1.807) is 0 Å². The molecule has 0 spiro atoms. The van der Waals surface area contributed by atoms with Crippen molar-refractivity contribution in [3.05, 3.63) is 11.7 Å². The first kappa shape index (κ1) is 12.9. The van der Waals surface area contributed by atoms with Gasteiger partial charge < -0.3 is 14.9 Å². The van der Waals surface area contributed by atoms with E-state index in [2.05, 4.69) is 29.3 Å². The van der Waals surface area contributed by atoms with Gasteiger partial charge in [0.15, 0.2) is 5.82 Å². The number of nitrogens with one attached hydrogen (secondary N) is 1. The van der Waals surface area contributed by atoms with Gasteiger partial charge in [-0.05, 0) is 12.8 Å². The molecule has 2 N–H and O–H groups in total. The number of β-amino-alcohol motifs (C(OH)–C–C–N with tert-alkyl or cyclic N) is 1. The molecule has 3 atom stereocenters. The molecule has 1 fully saturated rings. The first-order valence-corrected chi connectivity index (χ1v) is 7.09. The molecule has 1 aromatic heterocycles. The Kier molecular flexibility index (Phi) is 4.42. The Labute approximate surface area is 105 Å². The molecule has 1 unspecified atom stereocenters. The first-order valence-electron chi connectivity index (χ1n) is 6.04. The highest BCUT2D eigenvalue weighted by molar-refractivity contribution is 7.99. The highest BCUT2D eigenvalue weighted by Crippen LogP contribution is 2.23. The van der Waals surface area contributed by atoms with E-state index in [1.807, 2.05) is 11.8 Å². The molecular weight excluding hydrogens is 238 g/mol. The van der Waals surface area contributed by atoms with Gasteiger partial charge in [-0.3, -0.25) is 0 Å². The minimum atomic E-state index is -0.301. The third-order valence-electron chi connectivity index (χ3n) is 2.96. The van der Waals surface area contributed by atoms with Crippen molar-refractivity contribution in [3.63, 3.8) is 0 Å². The van der Waals surface area contributed by atoms with Gasteiger partial charge >= 0.3 is 0 Å². The highest BCUT2D eigenvalue weighted by Gasteiger charge is 2.28. The van der Waals surface area contributed by atoms with Crippen LogP contribution in [0, 0.1) is 0 Å². The van der Waals surface area contributed by atoms with Crippen LogP contribution in [0.15, 0.2) is 4.52 Å². The molecule has 17 heavy (non-hydrogen) atoms. The molecule has 1 aliphatic rings. The summed E-state index contributed by atoms with van der Waals surface area (Å²) in [6.45, 7) is 4.97. The van der Waals surface area contributed by atoms with E-state index in [9.17, 15) is 5.11 Å². The van der Waals surface area contributed by atoms with Crippen LogP contribution in [0.4, 0.5) is 0 Å². The van der Waals surface area contributed by atoms with Crippen molar-refractivity contribution in [2.75, 3.05) is 6.54 Å². The Balaban J connectivity index is 1.87. The number of rotatable bonds is 5. The van der Waals surface area contributed by atoms with E-state index in [1.165, 1.54) is 0 Å². The van der Waals surface area contributed by atoms with Gasteiger partial charge in [0.25, 0.3) is 0 Å². The molecule has 0 bridgehead atoms. The molecule has 0 amide bonds. The zero-order valence-electron chi connectivity index (χ0n) is 10.2. The number of thioether (sulfide) groups is 1. The predicted octanol–water partition coefficient (Wildman–Crippen LogP) is 1.50. The van der Waals surface area contributed by atoms with Crippen molar-refractivity contribution in [2.45, 2.75) is 49.8 Å². The molecule has 1 saturated heterocycles. The summed E-state index contributed by atoms with van der Waals surface area (Å²) in [5, 5.41) is 17.2. The SMILES string of the molecule is CCC(C)SCc1noc([C@@H]2C[C@H](O)CN2)n1. The summed E-state index contributed by atoms with van der Waals surface area (Å²) in [5.74, 6) is 2.13. The topological polar surface area (TPSA) is 71.2 Å². The van der Waals surface area contributed by atoms with Crippen LogP contribution in [0.25, 0.3) is 0 Å². The number of hydrogen-bond acceptors (Lipinski definition) is 6. The van der Waals surface area contributed by atoms with Gasteiger partial charge in [0.05, 0.1) is 17.9 Å². The van der Waals surface area contributed by atoms with Crippen LogP contribution in [0.3, 0.4) is 0 Å². The van der Waals surface area contributed by atoms with Gasteiger partial charge in [-0.1, -0.05) is 19.0 Å². The van der Waals surface area contributed by atoms with Gasteiger partial charge in [0, 0.05) is 11.8 Å².